The minimum absolute atomic E-state index is 0.151. The van der Waals surface area contributed by atoms with Gasteiger partial charge in [-0.15, -0.1) is 0 Å². The van der Waals surface area contributed by atoms with Crippen molar-refractivity contribution < 1.29 is 4.79 Å². The van der Waals surface area contributed by atoms with Crippen LogP contribution in [0.25, 0.3) is 0 Å². The van der Waals surface area contributed by atoms with Gasteiger partial charge < -0.3 is 5.73 Å². The Balaban J connectivity index is 3.23. The number of amides is 1. The smallest absolute Gasteiger partial charge is 0.251 e. The van der Waals surface area contributed by atoms with Gasteiger partial charge >= 0.3 is 0 Å². The number of aromatic nitrogens is 1. The van der Waals surface area contributed by atoms with Gasteiger partial charge in [0, 0.05) is 9.77 Å². The van der Waals surface area contributed by atoms with Crippen molar-refractivity contribution in [3.63, 3.8) is 0 Å². The quantitative estimate of drug-likeness (QED) is 0.626. The van der Waals surface area contributed by atoms with Gasteiger partial charge in [-0.2, -0.15) is 0 Å². The van der Waals surface area contributed by atoms with Gasteiger partial charge in [0.25, 0.3) is 5.91 Å². The molecule has 0 bridgehead atoms. The molecule has 0 atom stereocenters. The Morgan fingerprint density at radius 3 is 2.82 bits per heavy atom. The van der Waals surface area contributed by atoms with Gasteiger partial charge in [0.05, 0.1) is 5.56 Å². The highest BCUT2D eigenvalue weighted by Gasteiger charge is 2.06. The normalized spacial score (nSPS) is 9.64. The molecule has 0 unspecified atom stereocenters. The number of halogens is 2. The van der Waals surface area contributed by atoms with Crippen LogP contribution in [0.1, 0.15) is 10.4 Å². The zero-order valence-corrected chi connectivity index (χ0v) is 8.26. The van der Waals surface area contributed by atoms with E-state index in [4.69, 9.17) is 17.3 Å². The number of hydrogen-bond acceptors (Lipinski definition) is 2. The monoisotopic (exact) mass is 282 g/mol. The van der Waals surface area contributed by atoms with Crippen LogP contribution in [0.4, 0.5) is 0 Å². The summed E-state index contributed by atoms with van der Waals surface area (Å²) in [6, 6.07) is 1.60. The first-order chi connectivity index (χ1) is 5.11. The molecule has 0 saturated carbocycles. The molecule has 0 saturated heterocycles. The van der Waals surface area contributed by atoms with Crippen LogP contribution < -0.4 is 5.73 Å². The van der Waals surface area contributed by atoms with E-state index in [9.17, 15) is 4.79 Å². The Morgan fingerprint density at radius 1 is 1.73 bits per heavy atom. The first-order valence-corrected chi connectivity index (χ1v) is 4.18. The second kappa shape index (κ2) is 3.36. The molecule has 11 heavy (non-hydrogen) atoms. The van der Waals surface area contributed by atoms with Gasteiger partial charge in [-0.3, -0.25) is 4.79 Å². The standard InChI is InChI=1S/C6H4ClIN2O/c7-5-4(6(9)11)1-3(8)2-10-5/h1-2H,(H2,9,11). The molecule has 5 heteroatoms. The summed E-state index contributed by atoms with van der Waals surface area (Å²) in [5.41, 5.74) is 5.28. The predicted octanol–water partition coefficient (Wildman–Crippen LogP) is 1.44. The first kappa shape index (κ1) is 8.73. The number of nitrogens with zero attached hydrogens (tertiary/aromatic N) is 1. The summed E-state index contributed by atoms with van der Waals surface area (Å²) in [7, 11) is 0. The molecule has 1 aromatic rings. The topological polar surface area (TPSA) is 56.0 Å². The second-order valence-corrected chi connectivity index (χ2v) is 3.46. The number of primary amides is 1. The van der Waals surface area contributed by atoms with Crippen LogP contribution in [0.3, 0.4) is 0 Å². The Hall–Kier alpha value is -0.360. The molecule has 1 amide bonds. The van der Waals surface area contributed by atoms with E-state index in [1.165, 1.54) is 0 Å². The summed E-state index contributed by atoms with van der Waals surface area (Å²) in [6.07, 6.45) is 1.56. The lowest BCUT2D eigenvalue weighted by molar-refractivity contribution is 0.1000. The third-order valence-corrected chi connectivity index (χ3v) is 1.96. The first-order valence-electron chi connectivity index (χ1n) is 2.72. The fourth-order valence-corrected chi connectivity index (χ4v) is 1.24. The molecule has 0 aromatic carbocycles. The molecule has 3 nitrogen and oxygen atoms in total. The summed E-state index contributed by atoms with van der Waals surface area (Å²) in [6.45, 7) is 0. The lowest BCUT2D eigenvalue weighted by atomic mass is 10.3. The fourth-order valence-electron chi connectivity index (χ4n) is 0.595. The van der Waals surface area contributed by atoms with Gasteiger partial charge in [0.15, 0.2) is 0 Å². The summed E-state index contributed by atoms with van der Waals surface area (Å²) in [4.78, 5) is 14.4. The number of rotatable bonds is 1. The van der Waals surface area contributed by atoms with Crippen molar-refractivity contribution in [2.45, 2.75) is 0 Å². The molecule has 58 valence electrons. The number of nitrogens with two attached hydrogens (primary N) is 1. The molecule has 2 N–H and O–H groups in total. The van der Waals surface area contributed by atoms with Crippen molar-refractivity contribution in [3.8, 4) is 0 Å². The van der Waals surface area contributed by atoms with Crippen LogP contribution in [-0.4, -0.2) is 10.9 Å². The Morgan fingerprint density at radius 2 is 2.36 bits per heavy atom. The minimum atomic E-state index is -0.555. The molecule has 1 rings (SSSR count). The van der Waals surface area contributed by atoms with Gasteiger partial charge in [-0.1, -0.05) is 11.6 Å². The molecule has 0 aliphatic carbocycles. The molecule has 1 heterocycles. The average molecular weight is 282 g/mol. The Bertz CT molecular complexity index is 303. The van der Waals surface area contributed by atoms with Crippen molar-refractivity contribution in [2.24, 2.45) is 5.73 Å². The van der Waals surface area contributed by atoms with Crippen molar-refractivity contribution in [1.29, 1.82) is 0 Å². The highest BCUT2D eigenvalue weighted by Crippen LogP contribution is 2.14. The van der Waals surface area contributed by atoms with Crippen LogP contribution in [0, 0.1) is 3.57 Å². The molecule has 0 radical (unpaired) electrons. The van der Waals surface area contributed by atoms with Gasteiger partial charge in [-0.25, -0.2) is 4.98 Å². The summed E-state index contributed by atoms with van der Waals surface area (Å²) >= 11 is 7.60. The fraction of sp³-hybridized carbons (Fsp3) is 0. The van der Waals surface area contributed by atoms with E-state index in [0.717, 1.165) is 3.57 Å². The maximum Gasteiger partial charge on any atom is 0.251 e. The molecular formula is C6H4ClIN2O. The number of hydrogen-bond donors (Lipinski definition) is 1. The molecular weight excluding hydrogens is 278 g/mol. The Kier molecular flexibility index (Phi) is 2.67. The lowest BCUT2D eigenvalue weighted by Gasteiger charge is -1.97. The summed E-state index contributed by atoms with van der Waals surface area (Å²) < 4.78 is 0.834. The number of carbonyl (C=O) groups is 1. The van der Waals surface area contributed by atoms with E-state index in [1.54, 1.807) is 12.3 Å². The largest absolute Gasteiger partial charge is 0.366 e. The zero-order chi connectivity index (χ0) is 8.43. The van der Waals surface area contributed by atoms with Crippen LogP contribution in [0.5, 0.6) is 0 Å². The van der Waals surface area contributed by atoms with Gasteiger partial charge in [0.2, 0.25) is 0 Å². The van der Waals surface area contributed by atoms with Gasteiger partial charge in [0.1, 0.15) is 5.15 Å². The van der Waals surface area contributed by atoms with Crippen LogP contribution in [0.2, 0.25) is 5.15 Å². The molecule has 0 fully saturated rings. The summed E-state index contributed by atoms with van der Waals surface area (Å²) in [5, 5.41) is 0.151. The molecule has 0 aliphatic rings. The van der Waals surface area contributed by atoms with E-state index in [2.05, 4.69) is 4.98 Å². The number of carbonyl (C=O) groups excluding carboxylic acids is 1. The highest BCUT2D eigenvalue weighted by molar-refractivity contribution is 14.1. The number of pyridine rings is 1. The van der Waals surface area contributed by atoms with E-state index in [0.29, 0.717) is 0 Å². The van der Waals surface area contributed by atoms with Crippen molar-refractivity contribution >= 4 is 40.1 Å². The Labute approximate surface area is 82.1 Å². The van der Waals surface area contributed by atoms with Gasteiger partial charge in [-0.05, 0) is 28.7 Å². The van der Waals surface area contributed by atoms with Crippen molar-refractivity contribution in [1.82, 2.24) is 4.98 Å². The SMILES string of the molecule is NC(=O)c1cc(I)cnc1Cl. The molecule has 0 spiro atoms. The van der Waals surface area contributed by atoms with E-state index < -0.39 is 5.91 Å². The van der Waals surface area contributed by atoms with Crippen LogP contribution in [-0.2, 0) is 0 Å². The van der Waals surface area contributed by atoms with E-state index in [1.807, 2.05) is 22.6 Å². The lowest BCUT2D eigenvalue weighted by Crippen LogP contribution is -2.12. The van der Waals surface area contributed by atoms with Crippen LogP contribution in [0.15, 0.2) is 12.3 Å². The highest BCUT2D eigenvalue weighted by atomic mass is 127. The maximum absolute atomic E-state index is 10.7. The maximum atomic E-state index is 10.7. The second-order valence-electron chi connectivity index (χ2n) is 1.86. The molecule has 0 aliphatic heterocycles. The average Bonchev–Trinajstić information content (AvgIpc) is 1.94. The predicted molar refractivity (Wildman–Crippen MR) is 50.5 cm³/mol. The van der Waals surface area contributed by atoms with Crippen molar-refractivity contribution in [3.05, 3.63) is 26.5 Å². The molecule has 1 aromatic heterocycles. The van der Waals surface area contributed by atoms with E-state index in [-0.39, 0.29) is 10.7 Å². The van der Waals surface area contributed by atoms with Crippen LogP contribution >= 0.6 is 34.2 Å². The zero-order valence-electron chi connectivity index (χ0n) is 5.34. The summed E-state index contributed by atoms with van der Waals surface area (Å²) in [5.74, 6) is -0.555. The van der Waals surface area contributed by atoms with Crippen molar-refractivity contribution in [2.75, 3.05) is 0 Å². The third-order valence-electron chi connectivity index (χ3n) is 1.07. The van der Waals surface area contributed by atoms with E-state index >= 15 is 0 Å². The minimum Gasteiger partial charge on any atom is -0.366 e. The third kappa shape index (κ3) is 2.03.